The van der Waals surface area contributed by atoms with Crippen LogP contribution in [0.15, 0.2) is 24.3 Å². The van der Waals surface area contributed by atoms with Gasteiger partial charge in [-0.05, 0) is 12.5 Å². The number of hydrogen-bond acceptors (Lipinski definition) is 3. The van der Waals surface area contributed by atoms with Crippen LogP contribution in [-0.2, 0) is 10.2 Å². The lowest BCUT2D eigenvalue weighted by Gasteiger charge is -2.46. The van der Waals surface area contributed by atoms with Crippen molar-refractivity contribution in [1.82, 2.24) is 0 Å². The van der Waals surface area contributed by atoms with E-state index in [4.69, 9.17) is 10.5 Å². The Labute approximate surface area is 113 Å². The molecule has 104 valence electrons. The summed E-state index contributed by atoms with van der Waals surface area (Å²) in [6.45, 7) is 4.53. The average molecular weight is 263 g/mol. The van der Waals surface area contributed by atoms with Gasteiger partial charge in [-0.2, -0.15) is 0 Å². The number of hydrogen-bond donors (Lipinski definition) is 2. The van der Waals surface area contributed by atoms with Gasteiger partial charge in [0.25, 0.3) is 0 Å². The predicted octanol–water partition coefficient (Wildman–Crippen LogP) is 2.16. The Balaban J connectivity index is 2.59. The molecule has 0 spiro atoms. The van der Waals surface area contributed by atoms with E-state index in [1.165, 1.54) is 0 Å². The molecule has 3 unspecified atom stereocenters. The third kappa shape index (κ3) is 2.21. The fourth-order valence-corrected chi connectivity index (χ4v) is 3.19. The van der Waals surface area contributed by atoms with E-state index >= 15 is 0 Å². The highest BCUT2D eigenvalue weighted by molar-refractivity contribution is 5.70. The number of aliphatic carboxylic acids is 1. The molecular weight excluding hydrogens is 242 g/mol. The monoisotopic (exact) mass is 263 g/mol. The van der Waals surface area contributed by atoms with Gasteiger partial charge >= 0.3 is 5.97 Å². The topological polar surface area (TPSA) is 72.6 Å². The van der Waals surface area contributed by atoms with Crippen molar-refractivity contribution in [3.05, 3.63) is 29.8 Å². The molecule has 4 heteroatoms. The number of carboxylic acids is 1. The van der Waals surface area contributed by atoms with Crippen molar-refractivity contribution in [2.75, 3.05) is 6.61 Å². The quantitative estimate of drug-likeness (QED) is 0.873. The van der Waals surface area contributed by atoms with Crippen LogP contribution in [0.3, 0.4) is 0 Å². The molecule has 0 aromatic heterocycles. The Morgan fingerprint density at radius 2 is 2.26 bits per heavy atom. The maximum atomic E-state index is 11.4. The maximum Gasteiger partial charge on any atom is 0.304 e. The van der Waals surface area contributed by atoms with E-state index < -0.39 is 11.4 Å². The number of rotatable bonds is 4. The van der Waals surface area contributed by atoms with Crippen LogP contribution >= 0.6 is 0 Å². The van der Waals surface area contributed by atoms with Crippen LogP contribution in [0.25, 0.3) is 0 Å². The molecule has 4 nitrogen and oxygen atoms in total. The van der Waals surface area contributed by atoms with Gasteiger partial charge in [0.1, 0.15) is 5.75 Å². The maximum absolute atomic E-state index is 11.4. The zero-order valence-electron chi connectivity index (χ0n) is 11.4. The summed E-state index contributed by atoms with van der Waals surface area (Å²) in [7, 11) is 0. The van der Waals surface area contributed by atoms with Crippen molar-refractivity contribution in [2.45, 2.75) is 38.1 Å². The first-order chi connectivity index (χ1) is 9.02. The molecule has 19 heavy (non-hydrogen) atoms. The van der Waals surface area contributed by atoms with Gasteiger partial charge in [0, 0.05) is 22.9 Å². The van der Waals surface area contributed by atoms with Crippen LogP contribution in [0.4, 0.5) is 0 Å². The fraction of sp³-hybridized carbons (Fsp3) is 0.533. The largest absolute Gasteiger partial charge is 0.493 e. The van der Waals surface area contributed by atoms with E-state index in [0.717, 1.165) is 17.7 Å². The van der Waals surface area contributed by atoms with Crippen molar-refractivity contribution >= 4 is 5.97 Å². The van der Waals surface area contributed by atoms with Gasteiger partial charge < -0.3 is 15.6 Å². The summed E-state index contributed by atoms with van der Waals surface area (Å²) in [4.78, 5) is 11.4. The summed E-state index contributed by atoms with van der Waals surface area (Å²) >= 11 is 0. The normalized spacial score (nSPS) is 27.2. The first kappa shape index (κ1) is 13.9. The van der Waals surface area contributed by atoms with Crippen LogP contribution in [0.2, 0.25) is 0 Å². The van der Waals surface area contributed by atoms with Gasteiger partial charge in [0.15, 0.2) is 0 Å². The van der Waals surface area contributed by atoms with E-state index in [2.05, 4.69) is 0 Å². The summed E-state index contributed by atoms with van der Waals surface area (Å²) in [5, 5.41) is 9.32. The predicted molar refractivity (Wildman–Crippen MR) is 73.3 cm³/mol. The van der Waals surface area contributed by atoms with Crippen molar-refractivity contribution in [3.63, 3.8) is 0 Å². The summed E-state index contributed by atoms with van der Waals surface area (Å²) in [5.41, 5.74) is 6.71. The lowest BCUT2D eigenvalue weighted by Crippen LogP contribution is -2.54. The van der Waals surface area contributed by atoms with E-state index in [-0.39, 0.29) is 18.4 Å². The van der Waals surface area contributed by atoms with Crippen molar-refractivity contribution < 1.29 is 14.6 Å². The molecule has 0 aliphatic carbocycles. The van der Waals surface area contributed by atoms with Gasteiger partial charge in [0.2, 0.25) is 0 Å². The minimum atomic E-state index is -0.813. The Morgan fingerprint density at radius 1 is 1.58 bits per heavy atom. The third-order valence-corrected chi connectivity index (χ3v) is 4.30. The van der Waals surface area contributed by atoms with E-state index in [1.807, 2.05) is 38.1 Å². The molecule has 1 aliphatic heterocycles. The van der Waals surface area contributed by atoms with E-state index in [1.54, 1.807) is 0 Å². The molecule has 3 atom stereocenters. The second kappa shape index (κ2) is 5.21. The van der Waals surface area contributed by atoms with Crippen molar-refractivity contribution in [1.29, 1.82) is 0 Å². The van der Waals surface area contributed by atoms with Crippen molar-refractivity contribution in [3.8, 4) is 5.75 Å². The molecule has 0 fully saturated rings. The summed E-state index contributed by atoms with van der Waals surface area (Å²) in [6.07, 6.45) is 0.787. The van der Waals surface area contributed by atoms with Gasteiger partial charge in [0.05, 0.1) is 13.0 Å². The summed E-state index contributed by atoms with van der Waals surface area (Å²) in [5.74, 6) is 0.0339. The zero-order valence-corrected chi connectivity index (χ0v) is 11.4. The minimum Gasteiger partial charge on any atom is -0.493 e. The number of para-hydroxylation sites is 1. The van der Waals surface area contributed by atoms with E-state index in [9.17, 15) is 9.90 Å². The summed E-state index contributed by atoms with van der Waals surface area (Å²) < 4.78 is 5.72. The Hall–Kier alpha value is -1.55. The molecule has 0 saturated heterocycles. The highest BCUT2D eigenvalue weighted by Crippen LogP contribution is 2.46. The lowest BCUT2D eigenvalue weighted by atomic mass is 9.62. The molecular formula is C15H21NO3. The molecule has 1 aromatic carbocycles. The van der Waals surface area contributed by atoms with Crippen molar-refractivity contribution in [2.24, 2.45) is 11.7 Å². The first-order valence-electron chi connectivity index (χ1n) is 6.72. The Morgan fingerprint density at radius 3 is 2.89 bits per heavy atom. The smallest absolute Gasteiger partial charge is 0.304 e. The van der Waals surface area contributed by atoms with Gasteiger partial charge in [-0.15, -0.1) is 0 Å². The van der Waals surface area contributed by atoms with Crippen LogP contribution < -0.4 is 10.5 Å². The molecule has 0 amide bonds. The van der Waals surface area contributed by atoms with Crippen LogP contribution in [0.5, 0.6) is 5.75 Å². The molecule has 2 rings (SSSR count). The third-order valence-electron chi connectivity index (χ3n) is 4.30. The minimum absolute atomic E-state index is 0.0452. The van der Waals surface area contributed by atoms with Gasteiger partial charge in [-0.1, -0.05) is 32.0 Å². The SMILES string of the molecule is CCC(N)C1(CC(=O)O)c2ccccc2OCC1C. The number of carbonyl (C=O) groups is 1. The van der Waals surface area contributed by atoms with Crippen LogP contribution in [0, 0.1) is 5.92 Å². The molecule has 0 bridgehead atoms. The number of ether oxygens (including phenoxy) is 1. The second-order valence-electron chi connectivity index (χ2n) is 5.33. The Kier molecular flexibility index (Phi) is 3.80. The molecule has 1 aromatic rings. The first-order valence-corrected chi connectivity index (χ1v) is 6.72. The molecule has 3 N–H and O–H groups in total. The second-order valence-corrected chi connectivity index (χ2v) is 5.33. The number of benzene rings is 1. The fourth-order valence-electron chi connectivity index (χ4n) is 3.19. The van der Waals surface area contributed by atoms with Crippen LogP contribution in [-0.4, -0.2) is 23.7 Å². The van der Waals surface area contributed by atoms with Crippen LogP contribution in [0.1, 0.15) is 32.3 Å². The number of nitrogens with two attached hydrogens (primary N) is 1. The highest BCUT2D eigenvalue weighted by atomic mass is 16.5. The van der Waals surface area contributed by atoms with E-state index in [0.29, 0.717) is 6.61 Å². The lowest BCUT2D eigenvalue weighted by molar-refractivity contribution is -0.139. The Bertz CT molecular complexity index is 474. The standard InChI is InChI=1S/C15H21NO3/c1-3-13(16)15(8-14(17)18)10(2)9-19-12-7-5-4-6-11(12)15/h4-7,10,13H,3,8-9,16H2,1-2H3,(H,17,18). The molecule has 1 heterocycles. The summed E-state index contributed by atoms with van der Waals surface area (Å²) in [6, 6.07) is 7.46. The number of fused-ring (bicyclic) bond motifs is 1. The zero-order chi connectivity index (χ0) is 14.0. The van der Waals surface area contributed by atoms with Gasteiger partial charge in [-0.25, -0.2) is 0 Å². The molecule has 1 aliphatic rings. The average Bonchev–Trinajstić information content (AvgIpc) is 2.40. The molecule has 0 radical (unpaired) electrons. The number of carboxylic acid groups (broad SMARTS) is 1. The highest BCUT2D eigenvalue weighted by Gasteiger charge is 2.48. The molecule has 0 saturated carbocycles. The van der Waals surface area contributed by atoms with Gasteiger partial charge in [-0.3, -0.25) is 4.79 Å².